The Morgan fingerprint density at radius 3 is 2.86 bits per heavy atom. The van der Waals surface area contributed by atoms with Crippen molar-refractivity contribution in [1.29, 1.82) is 0 Å². The third-order valence-corrected chi connectivity index (χ3v) is 3.45. The van der Waals surface area contributed by atoms with Crippen LogP contribution in [0.1, 0.15) is 18.4 Å². The average molecular weight is 298 g/mol. The monoisotopic (exact) mass is 298 g/mol. The summed E-state index contributed by atoms with van der Waals surface area (Å²) in [5, 5.41) is 5.89. The minimum absolute atomic E-state index is 0.0618. The lowest BCUT2D eigenvalue weighted by Gasteiger charge is -2.22. The molecule has 21 heavy (non-hydrogen) atoms. The lowest BCUT2D eigenvalue weighted by atomic mass is 10.1. The second-order valence-electron chi connectivity index (χ2n) is 5.06. The molecule has 2 N–H and O–H groups in total. The molecule has 1 fully saturated rings. The smallest absolute Gasteiger partial charge is 0.224 e. The molecule has 0 atom stereocenters. The standard InChI is InChI=1S/C15H20F2N2O2/c16-13-3-1-2-11(15(13)17)10-14(20)19-8-9-21-12-4-6-18-7-5-12/h1-3,12,18H,4-10H2,(H,19,20). The van der Waals surface area contributed by atoms with Crippen LogP contribution in [0.25, 0.3) is 0 Å². The number of piperidine rings is 1. The summed E-state index contributed by atoms with van der Waals surface area (Å²) in [5.74, 6) is -2.23. The first kappa shape index (κ1) is 15.9. The van der Waals surface area contributed by atoms with Crippen molar-refractivity contribution >= 4 is 5.91 Å². The van der Waals surface area contributed by atoms with Gasteiger partial charge in [0.25, 0.3) is 0 Å². The van der Waals surface area contributed by atoms with Gasteiger partial charge in [0.1, 0.15) is 0 Å². The molecule has 1 aliphatic rings. The SMILES string of the molecule is O=C(Cc1cccc(F)c1F)NCCOC1CCNCC1. The van der Waals surface area contributed by atoms with Gasteiger partial charge in [-0.3, -0.25) is 4.79 Å². The van der Waals surface area contributed by atoms with Crippen molar-refractivity contribution in [1.82, 2.24) is 10.6 Å². The molecular weight excluding hydrogens is 278 g/mol. The van der Waals surface area contributed by atoms with Gasteiger partial charge in [0.05, 0.1) is 19.1 Å². The van der Waals surface area contributed by atoms with E-state index in [1.165, 1.54) is 12.1 Å². The van der Waals surface area contributed by atoms with Crippen LogP contribution >= 0.6 is 0 Å². The maximum absolute atomic E-state index is 13.4. The Hall–Kier alpha value is -1.53. The van der Waals surface area contributed by atoms with Gasteiger partial charge < -0.3 is 15.4 Å². The van der Waals surface area contributed by atoms with Crippen LogP contribution in [-0.2, 0) is 16.0 Å². The number of nitrogens with one attached hydrogen (secondary N) is 2. The largest absolute Gasteiger partial charge is 0.376 e. The second-order valence-corrected chi connectivity index (χ2v) is 5.06. The van der Waals surface area contributed by atoms with E-state index in [1.54, 1.807) is 0 Å². The number of hydrogen-bond donors (Lipinski definition) is 2. The molecule has 6 heteroatoms. The summed E-state index contributed by atoms with van der Waals surface area (Å²) in [7, 11) is 0. The van der Waals surface area contributed by atoms with Crippen molar-refractivity contribution in [3.8, 4) is 0 Å². The average Bonchev–Trinajstić information content (AvgIpc) is 2.49. The third kappa shape index (κ3) is 5.06. The van der Waals surface area contributed by atoms with E-state index < -0.39 is 11.6 Å². The van der Waals surface area contributed by atoms with Gasteiger partial charge in [0, 0.05) is 12.1 Å². The zero-order chi connectivity index (χ0) is 15.1. The quantitative estimate of drug-likeness (QED) is 0.780. The van der Waals surface area contributed by atoms with Crippen LogP contribution < -0.4 is 10.6 Å². The molecule has 0 saturated carbocycles. The molecule has 0 aromatic heterocycles. The van der Waals surface area contributed by atoms with Crippen LogP contribution in [0.3, 0.4) is 0 Å². The molecule has 1 amide bonds. The fourth-order valence-electron chi connectivity index (χ4n) is 2.30. The molecule has 1 aromatic rings. The van der Waals surface area contributed by atoms with Crippen molar-refractivity contribution in [3.05, 3.63) is 35.4 Å². The van der Waals surface area contributed by atoms with Gasteiger partial charge in [0.2, 0.25) is 5.91 Å². The molecule has 1 aromatic carbocycles. The summed E-state index contributed by atoms with van der Waals surface area (Å²) < 4.78 is 32.1. The van der Waals surface area contributed by atoms with E-state index in [-0.39, 0.29) is 24.0 Å². The van der Waals surface area contributed by atoms with Crippen LogP contribution in [0.5, 0.6) is 0 Å². The molecule has 4 nitrogen and oxygen atoms in total. The topological polar surface area (TPSA) is 50.4 Å². The first-order chi connectivity index (χ1) is 10.2. The Bertz CT molecular complexity index is 477. The van der Waals surface area contributed by atoms with E-state index in [0.29, 0.717) is 13.2 Å². The molecule has 0 radical (unpaired) electrons. The van der Waals surface area contributed by atoms with Gasteiger partial charge in [-0.2, -0.15) is 0 Å². The Morgan fingerprint density at radius 1 is 1.33 bits per heavy atom. The zero-order valence-corrected chi connectivity index (χ0v) is 11.8. The van der Waals surface area contributed by atoms with Crippen molar-refractivity contribution < 1.29 is 18.3 Å². The second kappa shape index (κ2) is 8.05. The Balaban J connectivity index is 1.66. The van der Waals surface area contributed by atoms with Crippen LogP contribution in [0.4, 0.5) is 8.78 Å². The fraction of sp³-hybridized carbons (Fsp3) is 0.533. The fourth-order valence-corrected chi connectivity index (χ4v) is 2.30. The number of rotatable bonds is 6. The summed E-state index contributed by atoms with van der Waals surface area (Å²) in [4.78, 5) is 11.7. The molecule has 1 heterocycles. The maximum Gasteiger partial charge on any atom is 0.224 e. The highest BCUT2D eigenvalue weighted by atomic mass is 19.2. The molecular formula is C15H20F2N2O2. The zero-order valence-electron chi connectivity index (χ0n) is 11.8. The molecule has 0 unspecified atom stereocenters. The molecule has 0 bridgehead atoms. The van der Waals surface area contributed by atoms with Crippen molar-refractivity contribution in [2.75, 3.05) is 26.2 Å². The molecule has 0 aliphatic carbocycles. The lowest BCUT2D eigenvalue weighted by molar-refractivity contribution is -0.120. The summed E-state index contributed by atoms with van der Waals surface area (Å²) in [5.41, 5.74) is 0.0618. The first-order valence-corrected chi connectivity index (χ1v) is 7.18. The van der Waals surface area contributed by atoms with E-state index in [0.717, 1.165) is 32.0 Å². The molecule has 0 spiro atoms. The van der Waals surface area contributed by atoms with Gasteiger partial charge in [-0.1, -0.05) is 12.1 Å². The van der Waals surface area contributed by atoms with Gasteiger partial charge in [-0.25, -0.2) is 8.78 Å². The summed E-state index contributed by atoms with van der Waals surface area (Å²) in [6, 6.07) is 3.83. The number of benzene rings is 1. The minimum atomic E-state index is -0.960. The van der Waals surface area contributed by atoms with Crippen molar-refractivity contribution in [2.24, 2.45) is 0 Å². The van der Waals surface area contributed by atoms with Crippen molar-refractivity contribution in [2.45, 2.75) is 25.4 Å². The number of carbonyl (C=O) groups excluding carboxylic acids is 1. The third-order valence-electron chi connectivity index (χ3n) is 3.45. The highest BCUT2D eigenvalue weighted by molar-refractivity contribution is 5.78. The van der Waals surface area contributed by atoms with Gasteiger partial charge >= 0.3 is 0 Å². The van der Waals surface area contributed by atoms with E-state index in [4.69, 9.17) is 4.74 Å². The molecule has 116 valence electrons. The van der Waals surface area contributed by atoms with Gasteiger partial charge in [-0.15, -0.1) is 0 Å². The normalized spacial score (nSPS) is 15.9. The van der Waals surface area contributed by atoms with E-state index in [9.17, 15) is 13.6 Å². The Kier molecular flexibility index (Phi) is 6.07. The van der Waals surface area contributed by atoms with Crippen LogP contribution in [0.15, 0.2) is 18.2 Å². The first-order valence-electron chi connectivity index (χ1n) is 7.18. The molecule has 2 rings (SSSR count). The minimum Gasteiger partial charge on any atom is -0.376 e. The van der Waals surface area contributed by atoms with Gasteiger partial charge in [-0.05, 0) is 32.0 Å². The number of halogens is 2. The highest BCUT2D eigenvalue weighted by Gasteiger charge is 2.14. The predicted octanol–water partition coefficient (Wildman–Crippen LogP) is 1.39. The Labute approximate surface area is 122 Å². The van der Waals surface area contributed by atoms with E-state index >= 15 is 0 Å². The van der Waals surface area contributed by atoms with Crippen LogP contribution in [0.2, 0.25) is 0 Å². The summed E-state index contributed by atoms with van der Waals surface area (Å²) in [6.07, 6.45) is 2.02. The number of ether oxygens (including phenoxy) is 1. The van der Waals surface area contributed by atoms with Crippen LogP contribution in [0, 0.1) is 11.6 Å². The molecule has 1 aliphatic heterocycles. The van der Waals surface area contributed by atoms with E-state index in [1.807, 2.05) is 0 Å². The number of carbonyl (C=O) groups is 1. The summed E-state index contributed by atoms with van der Waals surface area (Å²) in [6.45, 7) is 2.72. The van der Waals surface area contributed by atoms with Gasteiger partial charge in [0.15, 0.2) is 11.6 Å². The molecule has 1 saturated heterocycles. The lowest BCUT2D eigenvalue weighted by Crippen LogP contribution is -2.35. The maximum atomic E-state index is 13.4. The highest BCUT2D eigenvalue weighted by Crippen LogP contribution is 2.11. The van der Waals surface area contributed by atoms with Crippen molar-refractivity contribution in [3.63, 3.8) is 0 Å². The van der Waals surface area contributed by atoms with E-state index in [2.05, 4.69) is 10.6 Å². The number of hydrogen-bond acceptors (Lipinski definition) is 3. The summed E-state index contributed by atoms with van der Waals surface area (Å²) >= 11 is 0. The Morgan fingerprint density at radius 2 is 2.10 bits per heavy atom. The number of amides is 1. The predicted molar refractivity (Wildman–Crippen MR) is 74.9 cm³/mol. The van der Waals surface area contributed by atoms with Crippen LogP contribution in [-0.4, -0.2) is 38.3 Å².